The van der Waals surface area contributed by atoms with Gasteiger partial charge in [0.15, 0.2) is 0 Å². The summed E-state index contributed by atoms with van der Waals surface area (Å²) in [7, 11) is 0.236. The van der Waals surface area contributed by atoms with Crippen molar-refractivity contribution in [2.45, 2.75) is 0 Å². The lowest BCUT2D eigenvalue weighted by atomic mass is 10.4. The molecule has 12 heavy (non-hydrogen) atoms. The first-order valence-corrected chi connectivity index (χ1v) is 4.58. The molecule has 0 spiro atoms. The molecule has 1 N–H and O–H groups in total. The van der Waals surface area contributed by atoms with Crippen LogP contribution in [0.15, 0.2) is 42.2 Å². The van der Waals surface area contributed by atoms with Crippen molar-refractivity contribution in [2.24, 2.45) is 0 Å². The summed E-state index contributed by atoms with van der Waals surface area (Å²) in [5.41, 5.74) is 0. The van der Waals surface area contributed by atoms with Crippen LogP contribution in [0.5, 0.6) is 0 Å². The van der Waals surface area contributed by atoms with Crippen molar-refractivity contribution < 1.29 is 9.90 Å². The second kappa shape index (κ2) is 4.58. The van der Waals surface area contributed by atoms with Crippen LogP contribution < -0.4 is 0 Å². The topological polar surface area (TPSA) is 37.3 Å². The highest BCUT2D eigenvalue weighted by Crippen LogP contribution is 2.08. The maximum absolute atomic E-state index is 10.6. The van der Waals surface area contributed by atoms with Crippen LogP contribution in [0.2, 0.25) is 0 Å². The third-order valence-corrected chi connectivity index (χ3v) is 2.32. The van der Waals surface area contributed by atoms with Gasteiger partial charge in [-0.2, -0.15) is 0 Å². The normalized spacial score (nSPS) is 9.33. The molecule has 0 aliphatic carbocycles. The molecule has 2 nitrogen and oxygen atoms in total. The van der Waals surface area contributed by atoms with Gasteiger partial charge in [-0.1, -0.05) is 30.3 Å². The van der Waals surface area contributed by atoms with E-state index in [-0.39, 0.29) is 8.19 Å². The zero-order chi connectivity index (χ0) is 8.81. The average molecular weight is 180 g/mol. The quantitative estimate of drug-likeness (QED) is 0.721. The van der Waals surface area contributed by atoms with Crippen LogP contribution in [0.4, 0.5) is 0 Å². The van der Waals surface area contributed by atoms with Gasteiger partial charge in [-0.25, -0.2) is 4.79 Å². The van der Waals surface area contributed by atoms with E-state index in [1.165, 1.54) is 0 Å². The smallest absolute Gasteiger partial charge is 0.339 e. The number of rotatable bonds is 1. The van der Waals surface area contributed by atoms with Gasteiger partial charge in [-0.15, -0.1) is 8.19 Å². The molecule has 0 aromatic carbocycles. The zero-order valence-electron chi connectivity index (χ0n) is 6.40. The fraction of sp³-hybridized carbons (Fsp3) is 0. The van der Waals surface area contributed by atoms with Gasteiger partial charge in [0, 0.05) is 0 Å². The predicted octanol–water partition coefficient (Wildman–Crippen LogP) is 2.54. The second-order valence-corrected chi connectivity index (χ2v) is 3.32. The Bertz CT molecular complexity index is 292. The summed E-state index contributed by atoms with van der Waals surface area (Å²) in [4.78, 5) is 10.6. The van der Waals surface area contributed by atoms with Crippen molar-refractivity contribution in [3.63, 3.8) is 0 Å². The van der Waals surface area contributed by atoms with Crippen LogP contribution in [0, 0.1) is 0 Å². The SMILES string of the molecule is O=C(O)c1ccccccc[pH]1. The van der Waals surface area contributed by atoms with Crippen LogP contribution in [0.25, 0.3) is 0 Å². The lowest BCUT2D eigenvalue weighted by Gasteiger charge is -1.85. The molecule has 0 radical (unpaired) electrons. The largest absolute Gasteiger partial charge is 0.477 e. The van der Waals surface area contributed by atoms with Gasteiger partial charge in [0.25, 0.3) is 0 Å². The van der Waals surface area contributed by atoms with Crippen LogP contribution >= 0.6 is 8.19 Å². The van der Waals surface area contributed by atoms with Crippen LogP contribution in [0.1, 0.15) is 10.1 Å². The van der Waals surface area contributed by atoms with Crippen molar-refractivity contribution in [1.29, 1.82) is 0 Å². The fourth-order valence-corrected chi connectivity index (χ4v) is 1.42. The first-order chi connectivity index (χ1) is 5.80. The molecule has 0 saturated carbocycles. The number of hydrogen-bond acceptors (Lipinski definition) is 1. The number of aromatic carboxylic acids is 1. The number of carbonyl (C=O) groups is 1. The molecule has 1 rings (SSSR count). The Hall–Kier alpha value is -1.27. The molecule has 0 bridgehead atoms. The van der Waals surface area contributed by atoms with Crippen molar-refractivity contribution in [2.75, 3.05) is 0 Å². The molecule has 1 atom stereocenters. The van der Waals surface area contributed by atoms with Crippen LogP contribution in [-0.2, 0) is 0 Å². The Balaban J connectivity index is 3.19. The minimum absolute atomic E-state index is 0.236. The van der Waals surface area contributed by atoms with Crippen molar-refractivity contribution in [3.8, 4) is 0 Å². The zero-order valence-corrected chi connectivity index (χ0v) is 7.40. The highest BCUT2D eigenvalue weighted by atomic mass is 31.0. The van der Waals surface area contributed by atoms with Gasteiger partial charge in [0.05, 0.1) is 5.30 Å². The third-order valence-electron chi connectivity index (χ3n) is 1.27. The van der Waals surface area contributed by atoms with E-state index in [0.717, 1.165) is 0 Å². The fourth-order valence-electron chi connectivity index (χ4n) is 0.719. The standard InChI is InChI=1S/C9H9O2P/c10-9(11)8-6-4-2-1-3-5-7-12-8/h1-7,12H,(H,10,11). The average Bonchev–Trinajstić information content (AvgIpc) is 2.15. The van der Waals surface area contributed by atoms with Crippen molar-refractivity contribution in [3.05, 3.63) is 47.5 Å². The summed E-state index contributed by atoms with van der Waals surface area (Å²) in [5.74, 6) is 1.01. The minimum Gasteiger partial charge on any atom is -0.477 e. The monoisotopic (exact) mass is 180 g/mol. The van der Waals surface area contributed by atoms with E-state index in [0.29, 0.717) is 5.30 Å². The first-order valence-electron chi connectivity index (χ1n) is 3.51. The van der Waals surface area contributed by atoms with E-state index in [1.807, 2.05) is 30.1 Å². The van der Waals surface area contributed by atoms with Crippen LogP contribution in [-0.4, -0.2) is 11.1 Å². The van der Waals surface area contributed by atoms with E-state index in [2.05, 4.69) is 0 Å². The summed E-state index contributed by atoms with van der Waals surface area (Å²) in [6, 6.07) is 10.8. The Kier molecular flexibility index (Phi) is 3.36. The van der Waals surface area contributed by atoms with E-state index in [4.69, 9.17) is 5.11 Å². The summed E-state index contributed by atoms with van der Waals surface area (Å²) in [5, 5.41) is 9.13. The maximum Gasteiger partial charge on any atom is 0.339 e. The Morgan fingerprint density at radius 1 is 1.17 bits per heavy atom. The molecular formula is C9H9O2P. The summed E-state index contributed by atoms with van der Waals surface area (Å²) >= 11 is 0. The van der Waals surface area contributed by atoms with E-state index < -0.39 is 5.97 Å². The summed E-state index contributed by atoms with van der Waals surface area (Å²) < 4.78 is 0. The summed E-state index contributed by atoms with van der Waals surface area (Å²) in [6.45, 7) is 0. The molecule has 1 aromatic heterocycles. The van der Waals surface area contributed by atoms with Gasteiger partial charge in [0.2, 0.25) is 0 Å². The number of carboxylic acid groups (broad SMARTS) is 1. The molecule has 0 aliphatic rings. The third kappa shape index (κ3) is 2.77. The summed E-state index contributed by atoms with van der Waals surface area (Å²) in [6.07, 6.45) is 0. The number of carboxylic acids is 1. The number of hydrogen-bond donors (Lipinski definition) is 1. The molecule has 1 heterocycles. The predicted molar refractivity (Wildman–Crippen MR) is 50.5 cm³/mol. The minimum atomic E-state index is -0.843. The van der Waals surface area contributed by atoms with E-state index >= 15 is 0 Å². The molecule has 1 aromatic rings. The molecule has 0 amide bonds. The van der Waals surface area contributed by atoms with Crippen molar-refractivity contribution >= 4 is 14.2 Å². The molecule has 1 unspecified atom stereocenters. The lowest BCUT2D eigenvalue weighted by molar-refractivity contribution is 0.0702. The first kappa shape index (κ1) is 8.82. The molecular weight excluding hydrogens is 171 g/mol. The van der Waals surface area contributed by atoms with Crippen molar-refractivity contribution in [1.82, 2.24) is 0 Å². The highest BCUT2D eigenvalue weighted by molar-refractivity contribution is 7.31. The Morgan fingerprint density at radius 3 is 2.58 bits per heavy atom. The molecule has 3 heteroatoms. The molecule has 0 aliphatic heterocycles. The van der Waals surface area contributed by atoms with Gasteiger partial charge in [0.1, 0.15) is 0 Å². The van der Waals surface area contributed by atoms with Gasteiger partial charge in [-0.3, -0.25) is 0 Å². The van der Waals surface area contributed by atoms with Gasteiger partial charge in [-0.05, 0) is 11.9 Å². The van der Waals surface area contributed by atoms with Gasteiger partial charge >= 0.3 is 5.97 Å². The molecule has 0 saturated heterocycles. The van der Waals surface area contributed by atoms with E-state index in [9.17, 15) is 4.79 Å². The Labute approximate surface area is 72.3 Å². The second-order valence-electron chi connectivity index (χ2n) is 2.16. The van der Waals surface area contributed by atoms with Crippen LogP contribution in [0.3, 0.4) is 0 Å². The Morgan fingerprint density at radius 2 is 1.83 bits per heavy atom. The maximum atomic E-state index is 10.6. The lowest BCUT2D eigenvalue weighted by Crippen LogP contribution is -1.89. The van der Waals surface area contributed by atoms with E-state index in [1.54, 1.807) is 12.1 Å². The molecule has 0 fully saturated rings. The van der Waals surface area contributed by atoms with Gasteiger partial charge < -0.3 is 5.11 Å². The highest BCUT2D eigenvalue weighted by Gasteiger charge is 1.95. The molecule has 62 valence electrons.